The molecule has 2 aliphatic rings. The first-order chi connectivity index (χ1) is 14.0. The van der Waals surface area contributed by atoms with Gasteiger partial charge >= 0.3 is 0 Å². The van der Waals surface area contributed by atoms with Gasteiger partial charge in [0.25, 0.3) is 0 Å². The van der Waals surface area contributed by atoms with Gasteiger partial charge in [-0.3, -0.25) is 14.5 Å². The molecule has 1 aliphatic heterocycles. The van der Waals surface area contributed by atoms with E-state index < -0.39 is 0 Å². The molecule has 158 valence electrons. The lowest BCUT2D eigenvalue weighted by Gasteiger charge is -2.35. The molecule has 1 aromatic heterocycles. The summed E-state index contributed by atoms with van der Waals surface area (Å²) in [7, 11) is 0. The molecule has 7 nitrogen and oxygen atoms in total. The SMILES string of the molecule is CCN(CC)C(=O)CN1CCN(CCC(=O)Nc2sc3c(c2C#N)CCC3)CC1. The normalized spacial score (nSPS) is 17.0. The zero-order chi connectivity index (χ0) is 20.8. The summed E-state index contributed by atoms with van der Waals surface area (Å²) in [6.07, 6.45) is 3.50. The number of carbonyl (C=O) groups excluding carboxylic acids is 2. The maximum absolute atomic E-state index is 12.4. The van der Waals surface area contributed by atoms with Crippen molar-refractivity contribution in [1.82, 2.24) is 14.7 Å². The number of anilines is 1. The van der Waals surface area contributed by atoms with Crippen LogP contribution in [-0.2, 0) is 22.4 Å². The number of hydrogen-bond acceptors (Lipinski definition) is 6. The minimum Gasteiger partial charge on any atom is -0.342 e. The van der Waals surface area contributed by atoms with Crippen LogP contribution in [0.2, 0.25) is 0 Å². The van der Waals surface area contributed by atoms with E-state index in [-0.39, 0.29) is 11.8 Å². The Labute approximate surface area is 177 Å². The standard InChI is InChI=1S/C21H31N5O2S/c1-3-26(4-2)20(28)15-25-12-10-24(11-13-25)9-8-19(27)23-21-17(14-22)16-6-5-7-18(16)29-21/h3-13,15H2,1-2H3,(H,23,27). The van der Waals surface area contributed by atoms with Gasteiger partial charge in [-0.2, -0.15) is 5.26 Å². The molecule has 1 saturated heterocycles. The molecule has 2 amide bonds. The van der Waals surface area contributed by atoms with Crippen molar-refractivity contribution in [1.29, 1.82) is 5.26 Å². The van der Waals surface area contributed by atoms with E-state index in [1.807, 2.05) is 18.7 Å². The van der Waals surface area contributed by atoms with E-state index in [0.29, 0.717) is 25.1 Å². The fourth-order valence-corrected chi connectivity index (χ4v) is 5.35. The molecular formula is C21H31N5O2S. The smallest absolute Gasteiger partial charge is 0.236 e. The van der Waals surface area contributed by atoms with Crippen LogP contribution in [0, 0.1) is 11.3 Å². The average Bonchev–Trinajstić information content (AvgIpc) is 3.29. The number of amides is 2. The largest absolute Gasteiger partial charge is 0.342 e. The Morgan fingerprint density at radius 3 is 2.48 bits per heavy atom. The summed E-state index contributed by atoms with van der Waals surface area (Å²) in [6.45, 7) is 10.2. The number of fused-ring (bicyclic) bond motifs is 1. The van der Waals surface area contributed by atoms with Crippen LogP contribution in [-0.4, -0.2) is 78.9 Å². The maximum Gasteiger partial charge on any atom is 0.236 e. The van der Waals surface area contributed by atoms with Crippen LogP contribution in [0.3, 0.4) is 0 Å². The van der Waals surface area contributed by atoms with E-state index in [1.165, 1.54) is 4.88 Å². The van der Waals surface area contributed by atoms with Gasteiger partial charge in [-0.05, 0) is 38.7 Å². The van der Waals surface area contributed by atoms with Crippen LogP contribution >= 0.6 is 11.3 Å². The molecule has 0 atom stereocenters. The lowest BCUT2D eigenvalue weighted by atomic mass is 10.1. The number of nitrogens with zero attached hydrogens (tertiary/aromatic N) is 4. The highest BCUT2D eigenvalue weighted by Crippen LogP contribution is 2.38. The van der Waals surface area contributed by atoms with Crippen molar-refractivity contribution in [3.05, 3.63) is 16.0 Å². The molecule has 29 heavy (non-hydrogen) atoms. The van der Waals surface area contributed by atoms with Gasteiger partial charge in [0, 0.05) is 57.1 Å². The van der Waals surface area contributed by atoms with Crippen molar-refractivity contribution in [2.75, 3.05) is 57.7 Å². The number of piperazine rings is 1. The van der Waals surface area contributed by atoms with Crippen LogP contribution in [0.15, 0.2) is 0 Å². The van der Waals surface area contributed by atoms with Crippen molar-refractivity contribution in [3.63, 3.8) is 0 Å². The van der Waals surface area contributed by atoms with Crippen molar-refractivity contribution in [2.45, 2.75) is 39.5 Å². The van der Waals surface area contributed by atoms with Crippen LogP contribution in [0.25, 0.3) is 0 Å². The van der Waals surface area contributed by atoms with Gasteiger partial charge in [0.2, 0.25) is 11.8 Å². The quantitative estimate of drug-likeness (QED) is 0.699. The second-order valence-corrected chi connectivity index (χ2v) is 8.76. The number of likely N-dealkylation sites (N-methyl/N-ethyl adjacent to an activating group) is 1. The molecule has 8 heteroatoms. The first-order valence-corrected chi connectivity index (χ1v) is 11.4. The van der Waals surface area contributed by atoms with E-state index >= 15 is 0 Å². The Bertz CT molecular complexity index is 773. The third kappa shape index (κ3) is 5.35. The number of carbonyl (C=O) groups is 2. The molecule has 0 radical (unpaired) electrons. The summed E-state index contributed by atoms with van der Waals surface area (Å²) < 4.78 is 0. The molecule has 3 rings (SSSR count). The molecule has 0 aromatic carbocycles. The Morgan fingerprint density at radius 1 is 1.14 bits per heavy atom. The summed E-state index contributed by atoms with van der Waals surface area (Å²) in [6, 6.07) is 2.27. The summed E-state index contributed by atoms with van der Waals surface area (Å²) in [5.74, 6) is 0.166. The van der Waals surface area contributed by atoms with E-state index in [2.05, 4.69) is 21.2 Å². The average molecular weight is 418 g/mol. The van der Waals surface area contributed by atoms with Gasteiger partial charge in [0.05, 0.1) is 12.1 Å². The molecule has 2 heterocycles. The maximum atomic E-state index is 12.4. The fourth-order valence-electron chi connectivity index (χ4n) is 4.10. The Balaban J connectivity index is 1.40. The first-order valence-electron chi connectivity index (χ1n) is 10.6. The number of nitriles is 1. The number of rotatable bonds is 8. The highest BCUT2D eigenvalue weighted by Gasteiger charge is 2.24. The molecule has 0 saturated carbocycles. The predicted molar refractivity (Wildman–Crippen MR) is 115 cm³/mol. The van der Waals surface area contributed by atoms with Gasteiger partial charge < -0.3 is 15.1 Å². The van der Waals surface area contributed by atoms with Crippen LogP contribution in [0.4, 0.5) is 5.00 Å². The highest BCUT2D eigenvalue weighted by molar-refractivity contribution is 7.16. The lowest BCUT2D eigenvalue weighted by molar-refractivity contribution is -0.132. The van der Waals surface area contributed by atoms with Crippen molar-refractivity contribution in [2.24, 2.45) is 0 Å². The lowest BCUT2D eigenvalue weighted by Crippen LogP contribution is -2.50. The van der Waals surface area contributed by atoms with E-state index in [9.17, 15) is 14.9 Å². The first kappa shape index (κ1) is 21.8. The van der Waals surface area contributed by atoms with E-state index in [0.717, 1.165) is 69.1 Å². The molecule has 0 unspecified atom stereocenters. The van der Waals surface area contributed by atoms with Crippen LogP contribution in [0.5, 0.6) is 0 Å². The summed E-state index contributed by atoms with van der Waals surface area (Å²) in [5, 5.41) is 13.1. The minimum atomic E-state index is -0.0273. The second kappa shape index (κ2) is 10.2. The van der Waals surface area contributed by atoms with Crippen LogP contribution in [0.1, 0.15) is 42.7 Å². The molecule has 0 bridgehead atoms. The number of hydrogen-bond donors (Lipinski definition) is 1. The van der Waals surface area contributed by atoms with Gasteiger partial charge in [0.1, 0.15) is 11.1 Å². The molecule has 0 spiro atoms. The zero-order valence-electron chi connectivity index (χ0n) is 17.5. The Kier molecular flexibility index (Phi) is 7.64. The third-order valence-electron chi connectivity index (χ3n) is 5.88. The summed E-state index contributed by atoms with van der Waals surface area (Å²) >= 11 is 1.56. The van der Waals surface area contributed by atoms with Gasteiger partial charge in [-0.1, -0.05) is 0 Å². The topological polar surface area (TPSA) is 79.7 Å². The summed E-state index contributed by atoms with van der Waals surface area (Å²) in [5.41, 5.74) is 1.81. The monoisotopic (exact) mass is 417 g/mol. The van der Waals surface area contributed by atoms with Crippen molar-refractivity contribution >= 4 is 28.2 Å². The fraction of sp³-hybridized carbons (Fsp3) is 0.667. The molecule has 1 fully saturated rings. The summed E-state index contributed by atoms with van der Waals surface area (Å²) in [4.78, 5) is 32.2. The van der Waals surface area contributed by atoms with Crippen molar-refractivity contribution in [3.8, 4) is 6.07 Å². The zero-order valence-corrected chi connectivity index (χ0v) is 18.3. The van der Waals surface area contributed by atoms with E-state index in [4.69, 9.17) is 0 Å². The minimum absolute atomic E-state index is 0.0273. The molecular weight excluding hydrogens is 386 g/mol. The van der Waals surface area contributed by atoms with Gasteiger partial charge in [0.15, 0.2) is 0 Å². The number of nitrogens with one attached hydrogen (secondary N) is 1. The van der Waals surface area contributed by atoms with E-state index in [1.54, 1.807) is 11.3 Å². The Morgan fingerprint density at radius 2 is 1.83 bits per heavy atom. The number of aryl methyl sites for hydroxylation is 1. The number of thiophene rings is 1. The second-order valence-electron chi connectivity index (χ2n) is 7.66. The molecule has 1 N–H and O–H groups in total. The van der Waals surface area contributed by atoms with Crippen molar-refractivity contribution < 1.29 is 9.59 Å². The van der Waals surface area contributed by atoms with Gasteiger partial charge in [-0.25, -0.2) is 0 Å². The molecule has 1 aliphatic carbocycles. The predicted octanol–water partition coefficient (Wildman–Crippen LogP) is 1.92. The molecule has 1 aromatic rings. The highest BCUT2D eigenvalue weighted by atomic mass is 32.1. The van der Waals surface area contributed by atoms with Crippen LogP contribution < -0.4 is 5.32 Å². The third-order valence-corrected chi connectivity index (χ3v) is 7.09. The Hall–Kier alpha value is -1.95. The van der Waals surface area contributed by atoms with Gasteiger partial charge in [-0.15, -0.1) is 11.3 Å².